The highest BCUT2D eigenvalue weighted by Gasteiger charge is 2.58. The summed E-state index contributed by atoms with van der Waals surface area (Å²) < 4.78 is 16.5. The molecule has 0 spiro atoms. The number of aliphatic hydroxyl groups is 1. The fourth-order valence-corrected chi connectivity index (χ4v) is 9.41. The van der Waals surface area contributed by atoms with E-state index in [-0.39, 0.29) is 16.9 Å². The van der Waals surface area contributed by atoms with Gasteiger partial charge >= 0.3 is 0 Å². The highest BCUT2D eigenvalue weighted by Crippen LogP contribution is 2.64. The third kappa shape index (κ3) is 3.87. The number of allylic oxidation sites excluding steroid dienone is 1. The molecule has 6 nitrogen and oxygen atoms in total. The Balaban J connectivity index is 1.20. The number of rotatable bonds is 6. The van der Waals surface area contributed by atoms with Gasteiger partial charge in [0.15, 0.2) is 16.6 Å². The molecule has 0 amide bonds. The van der Waals surface area contributed by atoms with Gasteiger partial charge < -0.3 is 24.6 Å². The summed E-state index contributed by atoms with van der Waals surface area (Å²) >= 11 is 1.84. The Labute approximate surface area is 224 Å². The van der Waals surface area contributed by atoms with E-state index >= 15 is 0 Å². The van der Waals surface area contributed by atoms with Crippen molar-refractivity contribution >= 4 is 16.5 Å². The van der Waals surface area contributed by atoms with Crippen LogP contribution in [-0.4, -0.2) is 37.5 Å². The van der Waals surface area contributed by atoms with E-state index in [1.54, 1.807) is 26.9 Å². The lowest BCUT2D eigenvalue weighted by Gasteiger charge is -2.57. The van der Waals surface area contributed by atoms with Crippen LogP contribution in [0.3, 0.4) is 0 Å². The van der Waals surface area contributed by atoms with Crippen LogP contribution in [0.5, 0.6) is 17.2 Å². The maximum Gasteiger partial charge on any atom is 0.203 e. The van der Waals surface area contributed by atoms with Crippen molar-refractivity contribution in [2.24, 2.45) is 23.2 Å². The van der Waals surface area contributed by atoms with Gasteiger partial charge in [-0.05, 0) is 85.8 Å². The summed E-state index contributed by atoms with van der Waals surface area (Å²) in [5.41, 5.74) is 4.38. The molecule has 2 fully saturated rings. The number of fused-ring (bicyclic) bond motifs is 7. The first-order valence-electron chi connectivity index (χ1n) is 13.7. The molecule has 6 atom stereocenters. The van der Waals surface area contributed by atoms with E-state index < -0.39 is 0 Å². The molecule has 7 heteroatoms. The zero-order valence-electron chi connectivity index (χ0n) is 22.7. The van der Waals surface area contributed by atoms with Crippen molar-refractivity contribution in [1.29, 1.82) is 0 Å². The highest BCUT2D eigenvalue weighted by molar-refractivity contribution is 7.15. The predicted octanol–water partition coefficient (Wildman–Crippen LogP) is 6.12. The van der Waals surface area contributed by atoms with Gasteiger partial charge in [0.2, 0.25) is 5.75 Å². The molecule has 4 aliphatic rings. The van der Waals surface area contributed by atoms with Crippen LogP contribution in [0.25, 0.3) is 0 Å². The number of aromatic nitrogens is 1. The molecule has 200 valence electrons. The molecule has 0 radical (unpaired) electrons. The van der Waals surface area contributed by atoms with Gasteiger partial charge in [0.25, 0.3) is 0 Å². The third-order valence-electron chi connectivity index (χ3n) is 10.3. The molecule has 1 aromatic heterocycles. The second-order valence-electron chi connectivity index (χ2n) is 12.0. The molecule has 0 aliphatic heterocycles. The number of ether oxygens (including phenoxy) is 3. The second-order valence-corrected chi connectivity index (χ2v) is 13.1. The fraction of sp³-hybridized carbons (Fsp3) is 0.633. The zero-order chi connectivity index (χ0) is 25.9. The average molecular weight is 525 g/mol. The minimum absolute atomic E-state index is 0.140. The molecule has 2 aromatic rings. The quantitative estimate of drug-likeness (QED) is 0.444. The monoisotopic (exact) mass is 524 g/mol. The summed E-state index contributed by atoms with van der Waals surface area (Å²) in [5, 5.41) is 14.9. The molecular weight excluding hydrogens is 484 g/mol. The summed E-state index contributed by atoms with van der Waals surface area (Å²) in [5.74, 6) is 4.08. The molecule has 4 aliphatic carbocycles. The zero-order valence-corrected chi connectivity index (χ0v) is 23.5. The van der Waals surface area contributed by atoms with Crippen LogP contribution in [0.1, 0.15) is 68.5 Å². The van der Waals surface area contributed by atoms with Crippen molar-refractivity contribution in [3.05, 3.63) is 39.9 Å². The minimum Gasteiger partial charge on any atom is -0.493 e. The fourth-order valence-electron chi connectivity index (χ4n) is 8.26. The van der Waals surface area contributed by atoms with Crippen LogP contribution in [0.4, 0.5) is 5.13 Å². The summed E-state index contributed by atoms with van der Waals surface area (Å²) in [6.07, 6.45) is 10.2. The van der Waals surface area contributed by atoms with Crippen LogP contribution in [0, 0.1) is 23.2 Å². The van der Waals surface area contributed by atoms with Gasteiger partial charge in [0.05, 0.1) is 33.1 Å². The number of aliphatic hydroxyl groups excluding tert-OH is 1. The molecule has 37 heavy (non-hydrogen) atoms. The molecule has 1 heterocycles. The number of benzene rings is 1. The van der Waals surface area contributed by atoms with E-state index in [0.717, 1.165) is 48.2 Å². The van der Waals surface area contributed by atoms with Gasteiger partial charge in [-0.1, -0.05) is 25.5 Å². The van der Waals surface area contributed by atoms with Crippen molar-refractivity contribution in [3.63, 3.8) is 0 Å². The van der Waals surface area contributed by atoms with Crippen molar-refractivity contribution in [3.8, 4) is 17.2 Å². The molecule has 1 aromatic carbocycles. The largest absolute Gasteiger partial charge is 0.493 e. The number of nitrogens with one attached hydrogen (secondary N) is 1. The van der Waals surface area contributed by atoms with E-state index in [1.807, 2.05) is 23.5 Å². The Morgan fingerprint density at radius 2 is 1.73 bits per heavy atom. The topological polar surface area (TPSA) is 72.8 Å². The Hall–Kier alpha value is -2.25. The van der Waals surface area contributed by atoms with E-state index in [2.05, 4.69) is 25.2 Å². The smallest absolute Gasteiger partial charge is 0.203 e. The lowest BCUT2D eigenvalue weighted by atomic mass is 9.48. The Morgan fingerprint density at radius 3 is 2.43 bits per heavy atom. The van der Waals surface area contributed by atoms with Gasteiger partial charge in [-0.25, -0.2) is 4.98 Å². The molecule has 6 rings (SSSR count). The minimum atomic E-state index is -0.140. The van der Waals surface area contributed by atoms with Crippen molar-refractivity contribution in [2.75, 3.05) is 26.6 Å². The van der Waals surface area contributed by atoms with E-state index in [1.165, 1.54) is 29.8 Å². The second kappa shape index (κ2) is 9.19. The van der Waals surface area contributed by atoms with E-state index in [0.29, 0.717) is 29.7 Å². The Morgan fingerprint density at radius 1 is 1.00 bits per heavy atom. The number of methoxy groups -OCH3 is 3. The first-order chi connectivity index (χ1) is 17.8. The summed E-state index contributed by atoms with van der Waals surface area (Å²) in [6.45, 7) is 5.62. The molecule has 6 unspecified atom stereocenters. The van der Waals surface area contributed by atoms with Crippen molar-refractivity contribution in [1.82, 2.24) is 4.98 Å². The molecule has 2 saturated carbocycles. The normalized spacial score (nSPS) is 33.9. The van der Waals surface area contributed by atoms with Crippen LogP contribution in [-0.2, 0) is 18.4 Å². The third-order valence-corrected chi connectivity index (χ3v) is 11.3. The van der Waals surface area contributed by atoms with Crippen LogP contribution >= 0.6 is 11.3 Å². The summed E-state index contributed by atoms with van der Waals surface area (Å²) in [7, 11) is 4.92. The lowest BCUT2D eigenvalue weighted by Crippen LogP contribution is -2.51. The number of thiazole rings is 1. The maximum absolute atomic E-state index is 10.3. The van der Waals surface area contributed by atoms with Gasteiger partial charge in [0.1, 0.15) is 0 Å². The van der Waals surface area contributed by atoms with Gasteiger partial charge in [0, 0.05) is 16.8 Å². The first-order valence-corrected chi connectivity index (χ1v) is 14.5. The lowest BCUT2D eigenvalue weighted by molar-refractivity contribution is -0.0169. The Kier molecular flexibility index (Phi) is 6.22. The standard InChI is InChI=1S/C30H40N2O4S/c1-29-10-8-19(33)14-18(29)6-7-20-21(29)9-11-30(2)22(20)15-25-27(30)32-28(37-25)31-16-17-12-23(34-3)26(36-5)24(13-17)35-4/h6,12-13,19-22,33H,7-11,14-16H2,1-5H3,(H,31,32). The van der Waals surface area contributed by atoms with Gasteiger partial charge in [-0.15, -0.1) is 11.3 Å². The van der Waals surface area contributed by atoms with Crippen LogP contribution in [0.2, 0.25) is 0 Å². The maximum atomic E-state index is 10.3. The number of hydrogen-bond acceptors (Lipinski definition) is 7. The number of anilines is 1. The Bertz CT molecular complexity index is 1200. The summed E-state index contributed by atoms with van der Waals surface area (Å²) in [6, 6.07) is 3.98. The van der Waals surface area contributed by atoms with Crippen molar-refractivity contribution in [2.45, 2.75) is 76.9 Å². The molecule has 2 N–H and O–H groups in total. The molecular formula is C30H40N2O4S. The van der Waals surface area contributed by atoms with Crippen molar-refractivity contribution < 1.29 is 19.3 Å². The van der Waals surface area contributed by atoms with Gasteiger partial charge in [-0.2, -0.15) is 0 Å². The molecule has 0 saturated heterocycles. The number of nitrogens with zero attached hydrogens (tertiary/aromatic N) is 1. The van der Waals surface area contributed by atoms with E-state index in [4.69, 9.17) is 19.2 Å². The van der Waals surface area contributed by atoms with Crippen LogP contribution in [0.15, 0.2) is 23.8 Å². The van der Waals surface area contributed by atoms with Gasteiger partial charge in [-0.3, -0.25) is 0 Å². The van der Waals surface area contributed by atoms with Crippen LogP contribution < -0.4 is 19.5 Å². The number of hydrogen-bond donors (Lipinski definition) is 2. The SMILES string of the molecule is COc1cc(CNc2nc3c(s2)CC2C4CC=C5CC(O)CCC5(C)C4CCC32C)cc(OC)c1OC. The summed E-state index contributed by atoms with van der Waals surface area (Å²) in [4.78, 5) is 6.67. The molecule has 0 bridgehead atoms. The average Bonchev–Trinajstić information content (AvgIpc) is 3.43. The first kappa shape index (κ1) is 25.1. The predicted molar refractivity (Wildman–Crippen MR) is 147 cm³/mol. The highest BCUT2D eigenvalue weighted by atomic mass is 32.1. The van der Waals surface area contributed by atoms with E-state index in [9.17, 15) is 5.11 Å².